The molecule has 1 aromatic heterocycles. The van der Waals surface area contributed by atoms with Crippen molar-refractivity contribution in [3.05, 3.63) is 62.4 Å². The molecule has 1 fully saturated rings. The molecule has 3 N–H and O–H groups in total. The van der Waals surface area contributed by atoms with Gasteiger partial charge in [0.2, 0.25) is 0 Å². The SMILES string of the molecule is CC(=O)OC[C@H]1O[C@@H](n2cc(C(N)=O)c(=O)[nH]c2=O)[C@H](OC(C)=O)[C@H]1OS(=O)(=O)c1ccc(C)cc1. The Hall–Kier alpha value is -3.82. The number of carbonyl (C=O) groups excluding carboxylic acids is 3. The van der Waals surface area contributed by atoms with Gasteiger partial charge in [-0.2, -0.15) is 8.42 Å². The van der Waals surface area contributed by atoms with Crippen molar-refractivity contribution in [3.63, 3.8) is 0 Å². The highest BCUT2D eigenvalue weighted by Gasteiger charge is 2.51. The Kier molecular flexibility index (Phi) is 7.76. The third kappa shape index (κ3) is 5.87. The molecule has 2 heterocycles. The lowest BCUT2D eigenvalue weighted by molar-refractivity contribution is -0.155. The van der Waals surface area contributed by atoms with Crippen LogP contribution in [0.15, 0.2) is 44.9 Å². The minimum atomic E-state index is -4.48. The highest BCUT2D eigenvalue weighted by molar-refractivity contribution is 7.86. The molecule has 0 saturated carbocycles. The van der Waals surface area contributed by atoms with Gasteiger partial charge >= 0.3 is 17.6 Å². The molecular formula is C21H23N3O11S. The van der Waals surface area contributed by atoms with Gasteiger partial charge in [-0.1, -0.05) is 17.7 Å². The standard InChI is InChI=1S/C21H23N3O11S/c1-10-4-6-13(7-5-10)36(30,31)35-16-15(9-32-11(2)25)34-20(17(16)33-12(3)26)24-8-14(18(22)27)19(28)23-21(24)29/h4-8,15-17,20H,9H2,1-3H3,(H2,22,27)(H,23,28,29)/t15-,16+,17-,20-/m1/s1. The second-order valence-corrected chi connectivity index (χ2v) is 9.42. The van der Waals surface area contributed by atoms with Gasteiger partial charge in [0.1, 0.15) is 24.4 Å². The lowest BCUT2D eigenvalue weighted by Crippen LogP contribution is -2.43. The number of nitrogens with one attached hydrogen (secondary N) is 1. The predicted octanol–water partition coefficient (Wildman–Crippen LogP) is -0.890. The zero-order valence-electron chi connectivity index (χ0n) is 19.3. The topological polar surface area (TPSA) is 203 Å². The van der Waals surface area contributed by atoms with Gasteiger partial charge in [0, 0.05) is 20.0 Å². The van der Waals surface area contributed by atoms with Crippen LogP contribution in [0.5, 0.6) is 0 Å². The van der Waals surface area contributed by atoms with Crippen LogP contribution in [0.1, 0.15) is 36.0 Å². The first-order valence-electron chi connectivity index (χ1n) is 10.4. The Labute approximate surface area is 204 Å². The van der Waals surface area contributed by atoms with Crippen molar-refractivity contribution >= 4 is 28.0 Å². The molecule has 1 aliphatic heterocycles. The molecule has 1 aliphatic rings. The summed E-state index contributed by atoms with van der Waals surface area (Å²) in [5.74, 6) is -2.79. The van der Waals surface area contributed by atoms with E-state index in [0.717, 1.165) is 25.6 Å². The molecule has 15 heteroatoms. The summed E-state index contributed by atoms with van der Waals surface area (Å²) in [7, 11) is -4.48. The number of hydrogen-bond acceptors (Lipinski definition) is 11. The highest BCUT2D eigenvalue weighted by atomic mass is 32.2. The molecular weight excluding hydrogens is 502 g/mol. The van der Waals surface area contributed by atoms with Crippen molar-refractivity contribution in [2.75, 3.05) is 6.61 Å². The Bertz CT molecular complexity index is 1400. The van der Waals surface area contributed by atoms with Crippen LogP contribution in [0.25, 0.3) is 0 Å². The maximum Gasteiger partial charge on any atom is 0.330 e. The zero-order chi connectivity index (χ0) is 26.8. The van der Waals surface area contributed by atoms with Crippen LogP contribution in [0, 0.1) is 6.92 Å². The molecule has 0 spiro atoms. The summed E-state index contributed by atoms with van der Waals surface area (Å²) in [6, 6.07) is 5.67. The molecule has 194 valence electrons. The average Bonchev–Trinajstić information content (AvgIpc) is 3.08. The van der Waals surface area contributed by atoms with Crippen molar-refractivity contribution in [1.29, 1.82) is 0 Å². The summed E-state index contributed by atoms with van der Waals surface area (Å²) in [6.07, 6.45) is -5.40. The number of primary amides is 1. The molecule has 1 saturated heterocycles. The van der Waals surface area contributed by atoms with Crippen LogP contribution in [-0.4, -0.2) is 60.7 Å². The number of nitrogens with two attached hydrogens (primary N) is 1. The first-order valence-corrected chi connectivity index (χ1v) is 11.8. The summed E-state index contributed by atoms with van der Waals surface area (Å²) in [5.41, 5.74) is 3.19. The lowest BCUT2D eigenvalue weighted by atomic mass is 10.1. The maximum atomic E-state index is 13.0. The minimum Gasteiger partial charge on any atom is -0.463 e. The summed E-state index contributed by atoms with van der Waals surface area (Å²) >= 11 is 0. The van der Waals surface area contributed by atoms with Gasteiger partial charge in [0.15, 0.2) is 12.3 Å². The monoisotopic (exact) mass is 525 g/mol. The number of carbonyl (C=O) groups is 3. The Morgan fingerprint density at radius 3 is 2.28 bits per heavy atom. The van der Waals surface area contributed by atoms with Crippen LogP contribution in [0.2, 0.25) is 0 Å². The lowest BCUT2D eigenvalue weighted by Gasteiger charge is -2.24. The number of rotatable bonds is 8. The first kappa shape index (κ1) is 26.8. The molecule has 1 aromatic carbocycles. The van der Waals surface area contributed by atoms with Gasteiger partial charge in [-0.15, -0.1) is 0 Å². The van der Waals surface area contributed by atoms with Gasteiger partial charge in [-0.05, 0) is 19.1 Å². The van der Waals surface area contributed by atoms with Crippen LogP contribution in [-0.2, 0) is 38.1 Å². The third-order valence-corrected chi connectivity index (χ3v) is 6.42. The number of ether oxygens (including phenoxy) is 3. The average molecular weight is 525 g/mol. The predicted molar refractivity (Wildman–Crippen MR) is 119 cm³/mol. The second-order valence-electron chi connectivity index (χ2n) is 7.84. The number of amides is 1. The van der Waals surface area contributed by atoms with E-state index >= 15 is 0 Å². The molecule has 1 amide bonds. The largest absolute Gasteiger partial charge is 0.463 e. The van der Waals surface area contributed by atoms with Crippen molar-refractivity contribution in [2.45, 2.75) is 50.2 Å². The number of H-pyrrole nitrogens is 1. The van der Waals surface area contributed by atoms with Gasteiger partial charge in [-0.25, -0.2) is 4.79 Å². The third-order valence-electron chi connectivity index (χ3n) is 5.09. The van der Waals surface area contributed by atoms with Crippen molar-refractivity contribution < 1.29 is 41.2 Å². The molecule has 14 nitrogen and oxygen atoms in total. The first-order chi connectivity index (χ1) is 16.8. The normalized spacial score (nSPS) is 21.6. The van der Waals surface area contributed by atoms with Crippen molar-refractivity contribution in [3.8, 4) is 0 Å². The van der Waals surface area contributed by atoms with Crippen LogP contribution in [0.3, 0.4) is 0 Å². The number of aromatic amines is 1. The Morgan fingerprint density at radius 2 is 1.72 bits per heavy atom. The summed E-state index contributed by atoms with van der Waals surface area (Å²) in [5, 5.41) is 0. The van der Waals surface area contributed by atoms with E-state index in [0.29, 0.717) is 4.57 Å². The van der Waals surface area contributed by atoms with E-state index in [4.69, 9.17) is 24.1 Å². The fourth-order valence-corrected chi connectivity index (χ4v) is 4.56. The van der Waals surface area contributed by atoms with E-state index in [1.165, 1.54) is 24.3 Å². The van der Waals surface area contributed by atoms with E-state index in [-0.39, 0.29) is 4.90 Å². The fourth-order valence-electron chi connectivity index (χ4n) is 3.46. The van der Waals surface area contributed by atoms with Gasteiger partial charge in [0.25, 0.3) is 21.6 Å². The number of aromatic nitrogens is 2. The van der Waals surface area contributed by atoms with Gasteiger partial charge < -0.3 is 19.9 Å². The zero-order valence-corrected chi connectivity index (χ0v) is 20.1. The Balaban J connectivity index is 2.10. The van der Waals surface area contributed by atoms with Crippen LogP contribution < -0.4 is 17.0 Å². The van der Waals surface area contributed by atoms with E-state index < -0.39 is 75.9 Å². The second kappa shape index (κ2) is 10.4. The quantitative estimate of drug-likeness (QED) is 0.319. The number of esters is 2. The summed E-state index contributed by atoms with van der Waals surface area (Å²) < 4.78 is 48.0. The Morgan fingerprint density at radius 1 is 1.08 bits per heavy atom. The maximum absolute atomic E-state index is 13.0. The molecule has 0 unspecified atom stereocenters. The van der Waals surface area contributed by atoms with E-state index in [1.54, 1.807) is 6.92 Å². The number of aryl methyl sites for hydroxylation is 1. The number of nitrogens with zero attached hydrogens (tertiary/aromatic N) is 1. The molecule has 3 rings (SSSR count). The molecule has 0 aliphatic carbocycles. The number of hydrogen-bond donors (Lipinski definition) is 2. The van der Waals surface area contributed by atoms with Gasteiger partial charge in [0.05, 0.1) is 4.90 Å². The minimum absolute atomic E-state index is 0.221. The fraction of sp³-hybridized carbons (Fsp3) is 0.381. The summed E-state index contributed by atoms with van der Waals surface area (Å²) in [6.45, 7) is 3.33. The molecule has 2 aromatic rings. The molecule has 0 bridgehead atoms. The molecule has 4 atom stereocenters. The van der Waals surface area contributed by atoms with Crippen molar-refractivity contribution in [1.82, 2.24) is 9.55 Å². The van der Waals surface area contributed by atoms with E-state index in [9.17, 15) is 32.4 Å². The smallest absolute Gasteiger partial charge is 0.330 e. The van der Waals surface area contributed by atoms with Gasteiger partial charge in [-0.3, -0.25) is 32.9 Å². The van der Waals surface area contributed by atoms with E-state index in [1.807, 2.05) is 4.98 Å². The molecule has 36 heavy (non-hydrogen) atoms. The highest BCUT2D eigenvalue weighted by Crippen LogP contribution is 2.35. The summed E-state index contributed by atoms with van der Waals surface area (Å²) in [4.78, 5) is 61.1. The van der Waals surface area contributed by atoms with Crippen molar-refractivity contribution in [2.24, 2.45) is 5.73 Å². The molecule has 0 radical (unpaired) electrons. The van der Waals surface area contributed by atoms with Crippen LogP contribution in [0.4, 0.5) is 0 Å². The van der Waals surface area contributed by atoms with E-state index in [2.05, 4.69) is 0 Å². The number of benzene rings is 1. The van der Waals surface area contributed by atoms with Crippen LogP contribution >= 0.6 is 0 Å².